The number of fused-ring (bicyclic) bond motifs is 1. The summed E-state index contributed by atoms with van der Waals surface area (Å²) in [4.78, 5) is 7.97. The monoisotopic (exact) mass is 232 g/mol. The van der Waals surface area contributed by atoms with Crippen LogP contribution in [0.25, 0.3) is 11.0 Å². The molecule has 0 N–H and O–H groups in total. The molecule has 0 amide bonds. The number of nitrogens with zero attached hydrogens (tertiary/aromatic N) is 2. The van der Waals surface area contributed by atoms with E-state index in [4.69, 9.17) is 34.8 Å². The first-order valence-corrected chi connectivity index (χ1v) is 4.58. The van der Waals surface area contributed by atoms with E-state index in [0.29, 0.717) is 21.0 Å². The fourth-order valence-electron chi connectivity index (χ4n) is 1.01. The number of hydrogen-bond acceptors (Lipinski definition) is 2. The van der Waals surface area contributed by atoms with E-state index in [9.17, 15) is 0 Å². The van der Waals surface area contributed by atoms with Gasteiger partial charge in [-0.1, -0.05) is 34.8 Å². The van der Waals surface area contributed by atoms with Crippen molar-refractivity contribution in [3.05, 3.63) is 33.5 Å². The zero-order valence-electron chi connectivity index (χ0n) is 6.26. The van der Waals surface area contributed by atoms with E-state index in [1.54, 1.807) is 18.2 Å². The maximum absolute atomic E-state index is 5.91. The van der Waals surface area contributed by atoms with Gasteiger partial charge in [0.1, 0.15) is 10.3 Å². The third kappa shape index (κ3) is 1.70. The molecule has 13 heavy (non-hydrogen) atoms. The summed E-state index contributed by atoms with van der Waals surface area (Å²) in [6, 6.07) is 4.99. The van der Waals surface area contributed by atoms with Crippen LogP contribution in [0.15, 0.2) is 18.2 Å². The molecule has 0 aliphatic carbocycles. The van der Waals surface area contributed by atoms with E-state index in [1.165, 1.54) is 0 Å². The van der Waals surface area contributed by atoms with Crippen LogP contribution in [-0.2, 0) is 0 Å². The Morgan fingerprint density at radius 1 is 0.923 bits per heavy atom. The summed E-state index contributed by atoms with van der Waals surface area (Å²) in [5.74, 6) is 0. The quantitative estimate of drug-likeness (QED) is 0.650. The maximum Gasteiger partial charge on any atom is 0.164 e. The summed E-state index contributed by atoms with van der Waals surface area (Å²) in [5, 5.41) is 1.96. The number of hydrogen-bond donors (Lipinski definition) is 0. The first-order chi connectivity index (χ1) is 6.16. The number of rotatable bonds is 0. The Labute approximate surface area is 89.5 Å². The number of pyridine rings is 2. The fraction of sp³-hybridized carbons (Fsp3) is 0. The van der Waals surface area contributed by atoms with Gasteiger partial charge in [-0.15, -0.1) is 0 Å². The van der Waals surface area contributed by atoms with E-state index in [0.717, 1.165) is 5.39 Å². The van der Waals surface area contributed by atoms with Gasteiger partial charge in [-0.3, -0.25) is 0 Å². The Kier molecular flexibility index (Phi) is 2.28. The van der Waals surface area contributed by atoms with Crippen LogP contribution in [0.3, 0.4) is 0 Å². The lowest BCUT2D eigenvalue weighted by atomic mass is 10.3. The van der Waals surface area contributed by atoms with Gasteiger partial charge in [-0.2, -0.15) is 0 Å². The minimum absolute atomic E-state index is 0.312. The lowest BCUT2D eigenvalue weighted by Gasteiger charge is -1.99. The molecule has 0 aliphatic heterocycles. The smallest absolute Gasteiger partial charge is 0.164 e. The standard InChI is InChI=1S/C8H3Cl3N2/c9-5-3-7(11)13-8-4(5)1-2-6(10)12-8/h1-3H. The molecule has 2 aromatic rings. The van der Waals surface area contributed by atoms with Crippen molar-refractivity contribution in [2.75, 3.05) is 0 Å². The van der Waals surface area contributed by atoms with E-state index in [2.05, 4.69) is 9.97 Å². The van der Waals surface area contributed by atoms with Crippen molar-refractivity contribution in [2.24, 2.45) is 0 Å². The highest BCUT2D eigenvalue weighted by Crippen LogP contribution is 2.24. The molecule has 2 rings (SSSR count). The number of halogens is 3. The molecule has 0 aliphatic rings. The van der Waals surface area contributed by atoms with Crippen molar-refractivity contribution in [1.29, 1.82) is 0 Å². The largest absolute Gasteiger partial charge is 0.216 e. The number of aromatic nitrogens is 2. The van der Waals surface area contributed by atoms with Crippen LogP contribution >= 0.6 is 34.8 Å². The predicted octanol–water partition coefficient (Wildman–Crippen LogP) is 3.59. The van der Waals surface area contributed by atoms with Crippen LogP contribution in [0.2, 0.25) is 15.3 Å². The minimum Gasteiger partial charge on any atom is -0.216 e. The summed E-state index contributed by atoms with van der Waals surface area (Å²) < 4.78 is 0. The second kappa shape index (κ2) is 3.29. The zero-order valence-corrected chi connectivity index (χ0v) is 8.53. The van der Waals surface area contributed by atoms with Crippen molar-refractivity contribution in [2.45, 2.75) is 0 Å². The minimum atomic E-state index is 0.312. The molecule has 2 aromatic heterocycles. The van der Waals surface area contributed by atoms with Crippen LogP contribution in [0, 0.1) is 0 Å². The average Bonchev–Trinajstić information content (AvgIpc) is 2.02. The van der Waals surface area contributed by atoms with Crippen LogP contribution in [0.5, 0.6) is 0 Å². The highest BCUT2D eigenvalue weighted by atomic mass is 35.5. The lowest BCUT2D eigenvalue weighted by molar-refractivity contribution is 1.29. The third-order valence-corrected chi connectivity index (χ3v) is 2.27. The molecule has 0 unspecified atom stereocenters. The first-order valence-electron chi connectivity index (χ1n) is 3.45. The second-order valence-electron chi connectivity index (χ2n) is 2.43. The van der Waals surface area contributed by atoms with Crippen molar-refractivity contribution in [3.8, 4) is 0 Å². The molecular weight excluding hydrogens is 230 g/mol. The summed E-state index contributed by atoms with van der Waals surface area (Å²) in [5.41, 5.74) is 0.463. The van der Waals surface area contributed by atoms with Crippen molar-refractivity contribution < 1.29 is 0 Å². The molecule has 0 fully saturated rings. The molecule has 0 atom stereocenters. The molecule has 0 aromatic carbocycles. The van der Waals surface area contributed by atoms with Crippen molar-refractivity contribution >= 4 is 45.8 Å². The SMILES string of the molecule is Clc1ccc2c(Cl)cc(Cl)nc2n1. The Balaban J connectivity index is 2.86. The molecule has 5 heteroatoms. The summed E-state index contributed by atoms with van der Waals surface area (Å²) in [6.45, 7) is 0. The Hall–Kier alpha value is -0.570. The predicted molar refractivity (Wildman–Crippen MR) is 54.6 cm³/mol. The van der Waals surface area contributed by atoms with E-state index in [-0.39, 0.29) is 0 Å². The van der Waals surface area contributed by atoms with Crippen LogP contribution in [0.1, 0.15) is 0 Å². The third-order valence-electron chi connectivity index (χ3n) is 1.56. The van der Waals surface area contributed by atoms with E-state index < -0.39 is 0 Å². The summed E-state index contributed by atoms with van der Waals surface area (Å²) in [6.07, 6.45) is 0. The molecule has 66 valence electrons. The second-order valence-corrected chi connectivity index (χ2v) is 3.61. The van der Waals surface area contributed by atoms with Gasteiger partial charge in [-0.05, 0) is 18.2 Å². The van der Waals surface area contributed by atoms with Gasteiger partial charge in [0, 0.05) is 5.39 Å². The first kappa shape index (κ1) is 9.00. The molecule has 2 heterocycles. The molecule has 0 spiro atoms. The topological polar surface area (TPSA) is 25.8 Å². The molecule has 0 saturated heterocycles. The van der Waals surface area contributed by atoms with Gasteiger partial charge in [0.2, 0.25) is 0 Å². The van der Waals surface area contributed by atoms with Gasteiger partial charge in [0.25, 0.3) is 0 Å². The van der Waals surface area contributed by atoms with Crippen LogP contribution in [0.4, 0.5) is 0 Å². The van der Waals surface area contributed by atoms with Gasteiger partial charge in [0.05, 0.1) is 5.02 Å². The Bertz CT molecular complexity index is 465. The lowest BCUT2D eigenvalue weighted by Crippen LogP contribution is -1.85. The molecule has 0 saturated carbocycles. The maximum atomic E-state index is 5.91. The van der Waals surface area contributed by atoms with Gasteiger partial charge >= 0.3 is 0 Å². The molecule has 0 radical (unpaired) electrons. The van der Waals surface area contributed by atoms with E-state index >= 15 is 0 Å². The fourth-order valence-corrected chi connectivity index (χ4v) is 1.65. The summed E-state index contributed by atoms with van der Waals surface area (Å²) in [7, 11) is 0. The highest BCUT2D eigenvalue weighted by Gasteiger charge is 2.04. The Morgan fingerprint density at radius 2 is 1.62 bits per heavy atom. The van der Waals surface area contributed by atoms with E-state index in [1.807, 2.05) is 0 Å². The van der Waals surface area contributed by atoms with Gasteiger partial charge in [-0.25, -0.2) is 9.97 Å². The molecule has 2 nitrogen and oxygen atoms in total. The van der Waals surface area contributed by atoms with Crippen molar-refractivity contribution in [1.82, 2.24) is 9.97 Å². The van der Waals surface area contributed by atoms with Crippen molar-refractivity contribution in [3.63, 3.8) is 0 Å². The zero-order chi connectivity index (χ0) is 9.42. The van der Waals surface area contributed by atoms with Gasteiger partial charge in [0.15, 0.2) is 5.65 Å². The average molecular weight is 233 g/mol. The van der Waals surface area contributed by atoms with Crippen LogP contribution in [-0.4, -0.2) is 9.97 Å². The Morgan fingerprint density at radius 3 is 2.38 bits per heavy atom. The normalized spacial score (nSPS) is 10.7. The van der Waals surface area contributed by atoms with Gasteiger partial charge < -0.3 is 0 Å². The molecule has 0 bridgehead atoms. The van der Waals surface area contributed by atoms with Crippen LogP contribution < -0.4 is 0 Å². The summed E-state index contributed by atoms with van der Waals surface area (Å²) >= 11 is 17.3. The molecular formula is C8H3Cl3N2. The highest BCUT2D eigenvalue weighted by molar-refractivity contribution is 6.37.